The first kappa shape index (κ1) is 12.2. The SMILES string of the molecule is Brc1ccc2c(ccn2CCNC2CCCC2)c1. The fourth-order valence-electron chi connectivity index (χ4n) is 2.89. The molecular formula is C15H19BrN2. The summed E-state index contributed by atoms with van der Waals surface area (Å²) in [4.78, 5) is 0. The number of nitrogens with zero attached hydrogens (tertiary/aromatic N) is 1. The van der Waals surface area contributed by atoms with Gasteiger partial charge < -0.3 is 9.88 Å². The Balaban J connectivity index is 1.63. The Bertz CT molecular complexity index is 526. The Morgan fingerprint density at radius 1 is 1.22 bits per heavy atom. The lowest BCUT2D eigenvalue weighted by Gasteiger charge is -2.12. The number of hydrogen-bond acceptors (Lipinski definition) is 1. The second-order valence-electron chi connectivity index (χ2n) is 5.15. The second-order valence-corrected chi connectivity index (χ2v) is 6.06. The summed E-state index contributed by atoms with van der Waals surface area (Å²) in [6.45, 7) is 2.13. The molecule has 96 valence electrons. The van der Waals surface area contributed by atoms with Gasteiger partial charge in [0.05, 0.1) is 0 Å². The molecule has 2 aromatic rings. The quantitative estimate of drug-likeness (QED) is 0.905. The van der Waals surface area contributed by atoms with Gasteiger partial charge in [-0.3, -0.25) is 0 Å². The monoisotopic (exact) mass is 306 g/mol. The lowest BCUT2D eigenvalue weighted by Crippen LogP contribution is -2.29. The van der Waals surface area contributed by atoms with E-state index in [2.05, 4.69) is 56.3 Å². The van der Waals surface area contributed by atoms with E-state index in [1.165, 1.54) is 36.6 Å². The van der Waals surface area contributed by atoms with Crippen LogP contribution in [0.3, 0.4) is 0 Å². The van der Waals surface area contributed by atoms with Gasteiger partial charge >= 0.3 is 0 Å². The van der Waals surface area contributed by atoms with Gasteiger partial charge in [-0.1, -0.05) is 28.8 Å². The molecule has 2 nitrogen and oxygen atoms in total. The number of nitrogens with one attached hydrogen (secondary N) is 1. The topological polar surface area (TPSA) is 17.0 Å². The minimum Gasteiger partial charge on any atom is -0.346 e. The highest BCUT2D eigenvalue weighted by Gasteiger charge is 2.13. The molecule has 0 atom stereocenters. The molecule has 0 saturated heterocycles. The average molecular weight is 307 g/mol. The lowest BCUT2D eigenvalue weighted by atomic mass is 10.2. The summed E-state index contributed by atoms with van der Waals surface area (Å²) >= 11 is 3.52. The van der Waals surface area contributed by atoms with Gasteiger partial charge in [-0.05, 0) is 37.1 Å². The highest BCUT2D eigenvalue weighted by atomic mass is 79.9. The fourth-order valence-corrected chi connectivity index (χ4v) is 3.26. The number of hydrogen-bond donors (Lipinski definition) is 1. The van der Waals surface area contributed by atoms with Crippen LogP contribution in [0.5, 0.6) is 0 Å². The molecule has 1 heterocycles. The zero-order valence-electron chi connectivity index (χ0n) is 10.5. The van der Waals surface area contributed by atoms with Gasteiger partial charge in [0.2, 0.25) is 0 Å². The van der Waals surface area contributed by atoms with Gasteiger partial charge in [-0.15, -0.1) is 0 Å². The summed E-state index contributed by atoms with van der Waals surface area (Å²) in [7, 11) is 0. The maximum Gasteiger partial charge on any atom is 0.0481 e. The van der Waals surface area contributed by atoms with Gasteiger partial charge in [0.25, 0.3) is 0 Å². The van der Waals surface area contributed by atoms with E-state index in [-0.39, 0.29) is 0 Å². The van der Waals surface area contributed by atoms with Crippen LogP contribution in [0.2, 0.25) is 0 Å². The molecule has 1 aliphatic carbocycles. The van der Waals surface area contributed by atoms with Gasteiger partial charge in [0, 0.05) is 40.7 Å². The maximum atomic E-state index is 3.67. The Hall–Kier alpha value is -0.800. The third kappa shape index (κ3) is 2.62. The van der Waals surface area contributed by atoms with E-state index in [0.29, 0.717) is 0 Å². The maximum absolute atomic E-state index is 3.67. The molecule has 1 fully saturated rings. The molecule has 1 aliphatic rings. The Kier molecular flexibility index (Phi) is 3.71. The molecule has 3 rings (SSSR count). The van der Waals surface area contributed by atoms with Crippen molar-refractivity contribution in [3.63, 3.8) is 0 Å². The molecule has 1 aromatic carbocycles. The van der Waals surface area contributed by atoms with Crippen LogP contribution < -0.4 is 5.32 Å². The number of fused-ring (bicyclic) bond motifs is 1. The Labute approximate surface area is 116 Å². The largest absolute Gasteiger partial charge is 0.346 e. The smallest absolute Gasteiger partial charge is 0.0481 e. The van der Waals surface area contributed by atoms with Crippen molar-refractivity contribution in [3.05, 3.63) is 34.9 Å². The molecule has 0 amide bonds. The van der Waals surface area contributed by atoms with E-state index in [1.807, 2.05) is 0 Å². The summed E-state index contributed by atoms with van der Waals surface area (Å²) in [5.74, 6) is 0. The van der Waals surface area contributed by atoms with Crippen LogP contribution in [0.15, 0.2) is 34.9 Å². The number of halogens is 1. The van der Waals surface area contributed by atoms with Crippen LogP contribution in [0.25, 0.3) is 10.9 Å². The molecule has 0 unspecified atom stereocenters. The van der Waals surface area contributed by atoms with Crippen LogP contribution in [-0.2, 0) is 6.54 Å². The van der Waals surface area contributed by atoms with E-state index < -0.39 is 0 Å². The van der Waals surface area contributed by atoms with E-state index in [0.717, 1.165) is 23.6 Å². The van der Waals surface area contributed by atoms with Crippen molar-refractivity contribution in [3.8, 4) is 0 Å². The van der Waals surface area contributed by atoms with E-state index in [4.69, 9.17) is 0 Å². The predicted molar refractivity (Wildman–Crippen MR) is 79.9 cm³/mol. The van der Waals surface area contributed by atoms with Gasteiger partial charge in [-0.2, -0.15) is 0 Å². The van der Waals surface area contributed by atoms with Crippen molar-refractivity contribution in [2.75, 3.05) is 6.54 Å². The first-order valence-corrected chi connectivity index (χ1v) is 7.60. The normalized spacial score (nSPS) is 16.7. The first-order chi connectivity index (χ1) is 8.83. The third-order valence-electron chi connectivity index (χ3n) is 3.87. The average Bonchev–Trinajstić information content (AvgIpc) is 2.99. The van der Waals surface area contributed by atoms with Crippen LogP contribution >= 0.6 is 15.9 Å². The minimum absolute atomic E-state index is 0.765. The standard InChI is InChI=1S/C15H19BrN2/c16-13-5-6-15-12(11-13)7-9-18(15)10-8-17-14-3-1-2-4-14/h5-7,9,11,14,17H,1-4,8,10H2. The van der Waals surface area contributed by atoms with Gasteiger partial charge in [-0.25, -0.2) is 0 Å². The number of rotatable bonds is 4. The second kappa shape index (κ2) is 5.45. The molecule has 1 saturated carbocycles. The molecule has 1 aromatic heterocycles. The van der Waals surface area contributed by atoms with Crippen LogP contribution in [0, 0.1) is 0 Å². The molecule has 0 aliphatic heterocycles. The Morgan fingerprint density at radius 2 is 2.06 bits per heavy atom. The number of aromatic nitrogens is 1. The number of benzene rings is 1. The molecule has 0 bridgehead atoms. The molecular weight excluding hydrogens is 288 g/mol. The Morgan fingerprint density at radius 3 is 2.89 bits per heavy atom. The molecule has 18 heavy (non-hydrogen) atoms. The minimum atomic E-state index is 0.765. The van der Waals surface area contributed by atoms with E-state index in [9.17, 15) is 0 Å². The van der Waals surface area contributed by atoms with Gasteiger partial charge in [0.1, 0.15) is 0 Å². The molecule has 3 heteroatoms. The van der Waals surface area contributed by atoms with Crippen molar-refractivity contribution < 1.29 is 0 Å². The zero-order valence-corrected chi connectivity index (χ0v) is 12.1. The highest BCUT2D eigenvalue weighted by Crippen LogP contribution is 2.21. The van der Waals surface area contributed by atoms with Crippen LogP contribution in [0.1, 0.15) is 25.7 Å². The fraction of sp³-hybridized carbons (Fsp3) is 0.467. The summed E-state index contributed by atoms with van der Waals surface area (Å²) in [6, 6.07) is 9.44. The van der Waals surface area contributed by atoms with Gasteiger partial charge in [0.15, 0.2) is 0 Å². The summed E-state index contributed by atoms with van der Waals surface area (Å²) in [6.07, 6.45) is 7.71. The van der Waals surface area contributed by atoms with Crippen LogP contribution in [-0.4, -0.2) is 17.2 Å². The van der Waals surface area contributed by atoms with Crippen molar-refractivity contribution in [1.82, 2.24) is 9.88 Å². The summed E-state index contributed by atoms with van der Waals surface area (Å²) in [5, 5.41) is 4.98. The third-order valence-corrected chi connectivity index (χ3v) is 4.37. The molecule has 0 spiro atoms. The summed E-state index contributed by atoms with van der Waals surface area (Å²) < 4.78 is 3.49. The molecule has 1 N–H and O–H groups in total. The van der Waals surface area contributed by atoms with Crippen molar-refractivity contribution in [2.45, 2.75) is 38.3 Å². The highest BCUT2D eigenvalue weighted by molar-refractivity contribution is 9.10. The van der Waals surface area contributed by atoms with E-state index in [1.54, 1.807) is 0 Å². The van der Waals surface area contributed by atoms with Crippen molar-refractivity contribution in [2.24, 2.45) is 0 Å². The van der Waals surface area contributed by atoms with Crippen molar-refractivity contribution in [1.29, 1.82) is 0 Å². The summed E-state index contributed by atoms with van der Waals surface area (Å²) in [5.41, 5.74) is 1.33. The molecule has 0 radical (unpaired) electrons. The first-order valence-electron chi connectivity index (χ1n) is 6.81. The van der Waals surface area contributed by atoms with Crippen molar-refractivity contribution >= 4 is 26.8 Å². The van der Waals surface area contributed by atoms with Crippen LogP contribution in [0.4, 0.5) is 0 Å². The predicted octanol–water partition coefficient (Wildman–Crippen LogP) is 3.94. The zero-order chi connectivity index (χ0) is 12.4. The lowest BCUT2D eigenvalue weighted by molar-refractivity contribution is 0.501. The van der Waals surface area contributed by atoms with E-state index >= 15 is 0 Å².